The van der Waals surface area contributed by atoms with E-state index in [2.05, 4.69) is 18.9 Å². The zero-order valence-corrected chi connectivity index (χ0v) is 9.51. The van der Waals surface area contributed by atoms with Crippen LogP contribution in [0.25, 0.3) is 0 Å². The fourth-order valence-electron chi connectivity index (χ4n) is 2.30. The zero-order valence-electron chi connectivity index (χ0n) is 9.51. The van der Waals surface area contributed by atoms with Crippen LogP contribution in [0.5, 0.6) is 0 Å². The summed E-state index contributed by atoms with van der Waals surface area (Å²) < 4.78 is 4.92. The van der Waals surface area contributed by atoms with Crippen molar-refractivity contribution in [2.24, 2.45) is 5.41 Å². The monoisotopic (exact) mass is 199 g/mol. The van der Waals surface area contributed by atoms with Crippen LogP contribution in [0.15, 0.2) is 0 Å². The first kappa shape index (κ1) is 11.5. The standard InChI is InChI=1S/C11H21NO2/c1-4-5-11(10(13)14-3)6-8-12(2)9-7-11/h4-9H2,1-3H3. The fourth-order valence-corrected chi connectivity index (χ4v) is 2.30. The smallest absolute Gasteiger partial charge is 0.311 e. The van der Waals surface area contributed by atoms with Crippen LogP contribution < -0.4 is 0 Å². The average molecular weight is 199 g/mol. The Kier molecular flexibility index (Phi) is 3.93. The molecule has 1 aliphatic heterocycles. The normalized spacial score (nSPS) is 21.9. The maximum Gasteiger partial charge on any atom is 0.311 e. The summed E-state index contributed by atoms with van der Waals surface area (Å²) in [6, 6.07) is 0. The molecule has 1 aliphatic rings. The number of likely N-dealkylation sites (tertiary alicyclic amines) is 1. The summed E-state index contributed by atoms with van der Waals surface area (Å²) in [5.74, 6) is -0.00699. The van der Waals surface area contributed by atoms with Crippen molar-refractivity contribution in [3.8, 4) is 0 Å². The molecular formula is C11H21NO2. The lowest BCUT2D eigenvalue weighted by Crippen LogP contribution is -2.43. The number of rotatable bonds is 3. The van der Waals surface area contributed by atoms with Gasteiger partial charge in [-0.25, -0.2) is 0 Å². The number of carbonyl (C=O) groups is 1. The van der Waals surface area contributed by atoms with E-state index in [1.165, 1.54) is 7.11 Å². The van der Waals surface area contributed by atoms with Crippen LogP contribution in [-0.4, -0.2) is 38.1 Å². The third-order valence-corrected chi connectivity index (χ3v) is 3.29. The number of piperidine rings is 1. The highest BCUT2D eigenvalue weighted by Crippen LogP contribution is 2.36. The highest BCUT2D eigenvalue weighted by atomic mass is 16.5. The third-order valence-electron chi connectivity index (χ3n) is 3.29. The molecule has 0 atom stereocenters. The van der Waals surface area contributed by atoms with Gasteiger partial charge in [-0.05, 0) is 39.4 Å². The molecule has 3 nitrogen and oxygen atoms in total. The minimum absolute atomic E-state index is 0.00699. The lowest BCUT2D eigenvalue weighted by Gasteiger charge is -2.38. The van der Waals surface area contributed by atoms with Gasteiger partial charge >= 0.3 is 5.97 Å². The van der Waals surface area contributed by atoms with E-state index in [1.807, 2.05) is 0 Å². The van der Waals surface area contributed by atoms with E-state index in [-0.39, 0.29) is 11.4 Å². The Morgan fingerprint density at radius 2 is 2.00 bits per heavy atom. The molecule has 0 bridgehead atoms. The minimum Gasteiger partial charge on any atom is -0.469 e. The van der Waals surface area contributed by atoms with Gasteiger partial charge in [-0.3, -0.25) is 4.79 Å². The summed E-state index contributed by atoms with van der Waals surface area (Å²) in [5, 5.41) is 0. The molecule has 1 rings (SSSR count). The van der Waals surface area contributed by atoms with Gasteiger partial charge in [0, 0.05) is 0 Å². The van der Waals surface area contributed by atoms with Crippen LogP contribution in [0.4, 0.5) is 0 Å². The van der Waals surface area contributed by atoms with Gasteiger partial charge in [-0.15, -0.1) is 0 Å². The van der Waals surface area contributed by atoms with Crippen molar-refractivity contribution in [2.45, 2.75) is 32.6 Å². The summed E-state index contributed by atoms with van der Waals surface area (Å²) in [7, 11) is 3.60. The summed E-state index contributed by atoms with van der Waals surface area (Å²) >= 11 is 0. The summed E-state index contributed by atoms with van der Waals surface area (Å²) in [4.78, 5) is 14.0. The maximum atomic E-state index is 11.7. The molecule has 0 aromatic heterocycles. The molecule has 0 aromatic rings. The molecular weight excluding hydrogens is 178 g/mol. The second-order valence-electron chi connectivity index (χ2n) is 4.33. The molecule has 1 fully saturated rings. The number of hydrogen-bond donors (Lipinski definition) is 0. The van der Waals surface area contributed by atoms with Crippen LogP contribution in [-0.2, 0) is 9.53 Å². The van der Waals surface area contributed by atoms with Crippen molar-refractivity contribution in [2.75, 3.05) is 27.2 Å². The number of hydrogen-bond acceptors (Lipinski definition) is 3. The summed E-state index contributed by atoms with van der Waals surface area (Å²) in [6.45, 7) is 4.15. The van der Waals surface area contributed by atoms with E-state index in [9.17, 15) is 4.79 Å². The molecule has 1 heterocycles. The molecule has 1 saturated heterocycles. The Labute approximate surface area is 86.4 Å². The van der Waals surface area contributed by atoms with Crippen molar-refractivity contribution in [3.63, 3.8) is 0 Å². The molecule has 0 aliphatic carbocycles. The van der Waals surface area contributed by atoms with E-state index < -0.39 is 0 Å². The lowest BCUT2D eigenvalue weighted by molar-refractivity contribution is -0.156. The maximum absolute atomic E-state index is 11.7. The molecule has 82 valence electrons. The fraction of sp³-hybridized carbons (Fsp3) is 0.909. The zero-order chi connectivity index (χ0) is 10.6. The largest absolute Gasteiger partial charge is 0.469 e. The third kappa shape index (κ3) is 2.27. The van der Waals surface area contributed by atoms with Gasteiger partial charge in [-0.1, -0.05) is 13.3 Å². The Bertz CT molecular complexity index is 195. The van der Waals surface area contributed by atoms with Gasteiger partial charge in [-0.2, -0.15) is 0 Å². The van der Waals surface area contributed by atoms with Crippen molar-refractivity contribution in [1.82, 2.24) is 4.90 Å². The van der Waals surface area contributed by atoms with Gasteiger partial charge < -0.3 is 9.64 Å². The Balaban J connectivity index is 2.67. The molecule has 3 heteroatoms. The van der Waals surface area contributed by atoms with Gasteiger partial charge in [0.15, 0.2) is 0 Å². The van der Waals surface area contributed by atoms with Crippen LogP contribution in [0, 0.1) is 5.41 Å². The van der Waals surface area contributed by atoms with Crippen molar-refractivity contribution in [1.29, 1.82) is 0 Å². The van der Waals surface area contributed by atoms with Crippen LogP contribution in [0.2, 0.25) is 0 Å². The Morgan fingerprint density at radius 1 is 1.43 bits per heavy atom. The van der Waals surface area contributed by atoms with E-state index in [0.717, 1.165) is 38.8 Å². The van der Waals surface area contributed by atoms with Crippen LogP contribution >= 0.6 is 0 Å². The van der Waals surface area contributed by atoms with Crippen molar-refractivity contribution < 1.29 is 9.53 Å². The van der Waals surface area contributed by atoms with Gasteiger partial charge in [0.1, 0.15) is 0 Å². The van der Waals surface area contributed by atoms with Crippen LogP contribution in [0.1, 0.15) is 32.6 Å². The van der Waals surface area contributed by atoms with Gasteiger partial charge in [0.25, 0.3) is 0 Å². The van der Waals surface area contributed by atoms with Gasteiger partial charge in [0.05, 0.1) is 12.5 Å². The molecule has 0 aromatic carbocycles. The van der Waals surface area contributed by atoms with E-state index in [4.69, 9.17) is 4.74 Å². The number of carbonyl (C=O) groups excluding carboxylic acids is 1. The van der Waals surface area contributed by atoms with E-state index >= 15 is 0 Å². The SMILES string of the molecule is CCCC1(C(=O)OC)CCN(C)CC1. The Morgan fingerprint density at radius 3 is 2.43 bits per heavy atom. The molecule has 0 spiro atoms. The average Bonchev–Trinajstić information content (AvgIpc) is 2.21. The van der Waals surface area contributed by atoms with Crippen LogP contribution in [0.3, 0.4) is 0 Å². The van der Waals surface area contributed by atoms with Crippen molar-refractivity contribution >= 4 is 5.97 Å². The minimum atomic E-state index is -0.185. The lowest BCUT2D eigenvalue weighted by atomic mass is 9.75. The van der Waals surface area contributed by atoms with E-state index in [0.29, 0.717) is 0 Å². The first-order chi connectivity index (χ1) is 6.64. The molecule has 0 radical (unpaired) electrons. The molecule has 0 saturated carbocycles. The second-order valence-corrected chi connectivity index (χ2v) is 4.33. The highest BCUT2D eigenvalue weighted by Gasteiger charge is 2.40. The molecule has 0 N–H and O–H groups in total. The summed E-state index contributed by atoms with van der Waals surface area (Å²) in [5.41, 5.74) is -0.185. The number of esters is 1. The second kappa shape index (κ2) is 4.78. The van der Waals surface area contributed by atoms with E-state index in [1.54, 1.807) is 0 Å². The molecule has 14 heavy (non-hydrogen) atoms. The first-order valence-corrected chi connectivity index (χ1v) is 5.41. The van der Waals surface area contributed by atoms with Gasteiger partial charge in [0.2, 0.25) is 0 Å². The predicted octanol–water partition coefficient (Wildman–Crippen LogP) is 1.67. The number of ether oxygens (including phenoxy) is 1. The molecule has 0 unspecified atom stereocenters. The highest BCUT2D eigenvalue weighted by molar-refractivity contribution is 5.76. The predicted molar refractivity (Wildman–Crippen MR) is 56.1 cm³/mol. The summed E-state index contributed by atoms with van der Waals surface area (Å²) in [6.07, 6.45) is 3.92. The Hall–Kier alpha value is -0.570. The number of methoxy groups -OCH3 is 1. The number of nitrogens with zero attached hydrogens (tertiary/aromatic N) is 1. The topological polar surface area (TPSA) is 29.5 Å². The van der Waals surface area contributed by atoms with Crippen molar-refractivity contribution in [3.05, 3.63) is 0 Å². The quantitative estimate of drug-likeness (QED) is 0.648. The molecule has 0 amide bonds. The first-order valence-electron chi connectivity index (χ1n) is 5.41.